The fraction of sp³-hybridized carbons (Fsp3) is 0.333. The molecule has 1 atom stereocenters. The standard InChI is InChI=1S/C18H16FN3O6/c19-13-14-11(21-17(26)10(20-14)3-4-12(23)24)5-8-15(13)22(7-1-2-7)6-9(16(8)25)18(27)28/h5-7,10,20H,1-4H2,(H,21,26)(H,23,24)(H,27,28). The number of carboxylic acid groups (broad SMARTS) is 2. The van der Waals surface area contributed by atoms with Gasteiger partial charge >= 0.3 is 11.9 Å². The molecule has 2 aliphatic rings. The minimum atomic E-state index is -1.41. The number of fused-ring (bicyclic) bond motifs is 2. The van der Waals surface area contributed by atoms with Gasteiger partial charge in [-0.05, 0) is 25.3 Å². The molecule has 1 aliphatic heterocycles. The van der Waals surface area contributed by atoms with Crippen molar-refractivity contribution in [2.24, 2.45) is 0 Å². The number of carbonyl (C=O) groups is 3. The maximum Gasteiger partial charge on any atom is 0.341 e. The smallest absolute Gasteiger partial charge is 0.341 e. The lowest BCUT2D eigenvalue weighted by Gasteiger charge is -2.28. The minimum Gasteiger partial charge on any atom is -0.481 e. The van der Waals surface area contributed by atoms with Crippen molar-refractivity contribution in [2.75, 3.05) is 10.6 Å². The van der Waals surface area contributed by atoms with Gasteiger partial charge in [-0.2, -0.15) is 0 Å². The van der Waals surface area contributed by atoms with Crippen LogP contribution in [0.2, 0.25) is 0 Å². The quantitative estimate of drug-likeness (QED) is 0.611. The van der Waals surface area contributed by atoms with Gasteiger partial charge in [0.15, 0.2) is 5.82 Å². The monoisotopic (exact) mass is 389 g/mol. The molecule has 0 radical (unpaired) electrons. The predicted octanol–water partition coefficient (Wildman–Crippen LogP) is 1.77. The van der Waals surface area contributed by atoms with E-state index in [4.69, 9.17) is 5.11 Å². The maximum absolute atomic E-state index is 15.4. The molecular formula is C18H16FN3O6. The number of benzene rings is 1. The molecule has 2 aromatic rings. The van der Waals surface area contributed by atoms with Gasteiger partial charge < -0.3 is 25.4 Å². The van der Waals surface area contributed by atoms with E-state index < -0.39 is 40.7 Å². The number of anilines is 2. The molecule has 1 saturated carbocycles. The van der Waals surface area contributed by atoms with E-state index in [1.54, 1.807) is 0 Å². The number of aromatic nitrogens is 1. The van der Waals surface area contributed by atoms with Gasteiger partial charge in [-0.1, -0.05) is 0 Å². The lowest BCUT2D eigenvalue weighted by atomic mass is 10.0. The lowest BCUT2D eigenvalue weighted by molar-refractivity contribution is -0.137. The molecule has 1 fully saturated rings. The summed E-state index contributed by atoms with van der Waals surface area (Å²) in [5.74, 6) is -3.82. The van der Waals surface area contributed by atoms with Crippen molar-refractivity contribution in [2.45, 2.75) is 37.8 Å². The maximum atomic E-state index is 15.4. The summed E-state index contributed by atoms with van der Waals surface area (Å²) >= 11 is 0. The van der Waals surface area contributed by atoms with Gasteiger partial charge in [0.1, 0.15) is 11.6 Å². The van der Waals surface area contributed by atoms with Crippen LogP contribution in [0.5, 0.6) is 0 Å². The molecule has 146 valence electrons. The Morgan fingerprint density at radius 2 is 1.96 bits per heavy atom. The zero-order valence-electron chi connectivity index (χ0n) is 14.5. The largest absolute Gasteiger partial charge is 0.481 e. The zero-order valence-corrected chi connectivity index (χ0v) is 14.5. The highest BCUT2D eigenvalue weighted by Crippen LogP contribution is 2.41. The number of aliphatic carboxylic acids is 1. The number of halogens is 1. The molecule has 9 nitrogen and oxygen atoms in total. The molecule has 1 aromatic heterocycles. The third-order valence-electron chi connectivity index (χ3n) is 4.97. The number of nitrogens with one attached hydrogen (secondary N) is 2. The van der Waals surface area contributed by atoms with E-state index in [-0.39, 0.29) is 41.2 Å². The summed E-state index contributed by atoms with van der Waals surface area (Å²) in [6, 6.07) is 0.226. The summed E-state index contributed by atoms with van der Waals surface area (Å²) in [5, 5.41) is 23.2. The van der Waals surface area contributed by atoms with Gasteiger partial charge in [0.2, 0.25) is 11.3 Å². The van der Waals surface area contributed by atoms with Crippen LogP contribution in [-0.2, 0) is 9.59 Å². The highest BCUT2D eigenvalue weighted by atomic mass is 19.1. The van der Waals surface area contributed by atoms with Crippen molar-refractivity contribution in [3.8, 4) is 0 Å². The Balaban J connectivity index is 1.90. The van der Waals surface area contributed by atoms with Crippen LogP contribution in [0.15, 0.2) is 17.1 Å². The number of pyridine rings is 1. The first-order chi connectivity index (χ1) is 13.3. The minimum absolute atomic E-state index is 0.0172. The molecule has 0 saturated heterocycles. The average Bonchev–Trinajstić information content (AvgIpc) is 3.46. The van der Waals surface area contributed by atoms with E-state index in [0.29, 0.717) is 0 Å². The SMILES string of the molecule is O=C(O)CCC1Nc2c(cc3c(=O)c(C(=O)O)cn(C4CC4)c3c2F)NC1=O. The van der Waals surface area contributed by atoms with Crippen LogP contribution in [0.4, 0.5) is 15.8 Å². The van der Waals surface area contributed by atoms with Crippen LogP contribution in [0, 0.1) is 5.82 Å². The first kappa shape index (κ1) is 18.0. The van der Waals surface area contributed by atoms with Crippen molar-refractivity contribution in [3.63, 3.8) is 0 Å². The summed E-state index contributed by atoms with van der Waals surface area (Å²) in [7, 11) is 0. The second-order valence-electron chi connectivity index (χ2n) is 6.94. The molecule has 0 bridgehead atoms. The Labute approximate surface area is 156 Å². The molecule has 1 amide bonds. The van der Waals surface area contributed by atoms with Gasteiger partial charge in [0.05, 0.1) is 22.3 Å². The molecule has 1 aromatic carbocycles. The number of aromatic carboxylic acids is 1. The van der Waals surface area contributed by atoms with E-state index in [2.05, 4.69) is 10.6 Å². The van der Waals surface area contributed by atoms with Crippen LogP contribution < -0.4 is 16.1 Å². The van der Waals surface area contributed by atoms with Crippen LogP contribution in [-0.4, -0.2) is 38.7 Å². The summed E-state index contributed by atoms with van der Waals surface area (Å²) in [6.45, 7) is 0. The molecular weight excluding hydrogens is 373 g/mol. The Hall–Kier alpha value is -3.43. The fourth-order valence-corrected chi connectivity index (χ4v) is 3.44. The molecule has 28 heavy (non-hydrogen) atoms. The van der Waals surface area contributed by atoms with E-state index >= 15 is 4.39 Å². The highest BCUT2D eigenvalue weighted by molar-refractivity contribution is 6.07. The van der Waals surface area contributed by atoms with Crippen LogP contribution in [0.1, 0.15) is 42.1 Å². The number of nitrogens with zero attached hydrogens (tertiary/aromatic N) is 1. The first-order valence-corrected chi connectivity index (χ1v) is 8.71. The number of carbonyl (C=O) groups excluding carboxylic acids is 1. The van der Waals surface area contributed by atoms with Gasteiger partial charge in [-0.25, -0.2) is 9.18 Å². The van der Waals surface area contributed by atoms with E-state index in [0.717, 1.165) is 19.0 Å². The number of amides is 1. The normalized spacial score (nSPS) is 18.3. The predicted molar refractivity (Wildman–Crippen MR) is 96.3 cm³/mol. The highest BCUT2D eigenvalue weighted by Gasteiger charge is 2.33. The molecule has 4 rings (SSSR count). The Kier molecular flexibility index (Phi) is 4.06. The van der Waals surface area contributed by atoms with Gasteiger partial charge in [-0.15, -0.1) is 0 Å². The van der Waals surface area contributed by atoms with Gasteiger partial charge in [0.25, 0.3) is 0 Å². The summed E-state index contributed by atoms with van der Waals surface area (Å²) < 4.78 is 16.8. The third-order valence-corrected chi connectivity index (χ3v) is 4.97. The van der Waals surface area contributed by atoms with E-state index in [9.17, 15) is 24.3 Å². The van der Waals surface area contributed by atoms with Gasteiger partial charge in [0, 0.05) is 18.7 Å². The van der Waals surface area contributed by atoms with Crippen molar-refractivity contribution in [1.29, 1.82) is 0 Å². The average molecular weight is 389 g/mol. The van der Waals surface area contributed by atoms with E-state index in [1.165, 1.54) is 10.6 Å². The number of rotatable bonds is 5. The van der Waals surface area contributed by atoms with Crippen molar-refractivity contribution in [3.05, 3.63) is 33.9 Å². The molecule has 0 spiro atoms. The molecule has 1 unspecified atom stereocenters. The van der Waals surface area contributed by atoms with E-state index in [1.807, 2.05) is 0 Å². The second kappa shape index (κ2) is 6.32. The van der Waals surface area contributed by atoms with Crippen molar-refractivity contribution < 1.29 is 29.0 Å². The molecule has 4 N–H and O–H groups in total. The Bertz CT molecular complexity index is 1100. The number of hydrogen-bond acceptors (Lipinski definition) is 5. The van der Waals surface area contributed by atoms with Crippen LogP contribution >= 0.6 is 0 Å². The van der Waals surface area contributed by atoms with Crippen molar-refractivity contribution in [1.82, 2.24) is 4.57 Å². The number of hydrogen-bond donors (Lipinski definition) is 4. The fourth-order valence-electron chi connectivity index (χ4n) is 3.44. The van der Waals surface area contributed by atoms with Gasteiger partial charge in [-0.3, -0.25) is 14.4 Å². The molecule has 1 aliphatic carbocycles. The van der Waals surface area contributed by atoms with Crippen LogP contribution in [0.25, 0.3) is 10.9 Å². The number of carboxylic acids is 2. The summed E-state index contributed by atoms with van der Waals surface area (Å²) in [4.78, 5) is 46.9. The van der Waals surface area contributed by atoms with Crippen molar-refractivity contribution >= 4 is 40.1 Å². The molecule has 10 heteroatoms. The zero-order chi connectivity index (χ0) is 20.2. The second-order valence-corrected chi connectivity index (χ2v) is 6.94. The molecule has 2 heterocycles. The Morgan fingerprint density at radius 1 is 1.25 bits per heavy atom. The summed E-state index contributed by atoms with van der Waals surface area (Å²) in [6.07, 6.45) is 2.32. The third kappa shape index (κ3) is 2.86. The summed E-state index contributed by atoms with van der Waals surface area (Å²) in [5.41, 5.74) is -1.35. The lowest BCUT2D eigenvalue weighted by Crippen LogP contribution is -2.39. The van der Waals surface area contributed by atoms with Crippen LogP contribution in [0.3, 0.4) is 0 Å². The Morgan fingerprint density at radius 3 is 2.57 bits per heavy atom. The topological polar surface area (TPSA) is 138 Å². The first-order valence-electron chi connectivity index (χ1n) is 8.71.